The lowest BCUT2D eigenvalue weighted by Gasteiger charge is -2.19. The summed E-state index contributed by atoms with van der Waals surface area (Å²) in [7, 11) is 0. The largest absolute Gasteiger partial charge is 0.377 e. The lowest BCUT2D eigenvalue weighted by Crippen LogP contribution is -2.20. The van der Waals surface area contributed by atoms with Crippen molar-refractivity contribution in [2.45, 2.75) is 13.0 Å². The third-order valence-corrected chi connectivity index (χ3v) is 3.66. The van der Waals surface area contributed by atoms with Gasteiger partial charge in [-0.05, 0) is 42.3 Å². The highest BCUT2D eigenvalue weighted by Gasteiger charge is 2.11. The van der Waals surface area contributed by atoms with Gasteiger partial charge in [-0.25, -0.2) is 4.39 Å². The number of hydrogen-bond acceptors (Lipinski definition) is 2. The van der Waals surface area contributed by atoms with Crippen LogP contribution in [0, 0.1) is 12.7 Å². The molecule has 0 radical (unpaired) electrons. The van der Waals surface area contributed by atoms with Crippen molar-refractivity contribution in [3.63, 3.8) is 0 Å². The molecule has 2 aromatic rings. The quantitative estimate of drug-likeness (QED) is 0.869. The highest BCUT2D eigenvalue weighted by atomic mass is 35.5. The van der Waals surface area contributed by atoms with Gasteiger partial charge in [0.15, 0.2) is 0 Å². The molecular weight excluding hydrogens is 298 g/mol. The molecule has 106 valence electrons. The molecule has 0 heterocycles. The summed E-state index contributed by atoms with van der Waals surface area (Å²) in [6, 6.07) is 9.88. The predicted molar refractivity (Wildman–Crippen MR) is 83.0 cm³/mol. The van der Waals surface area contributed by atoms with Gasteiger partial charge in [0, 0.05) is 22.3 Å². The molecule has 0 aliphatic heterocycles. The smallest absolute Gasteiger partial charge is 0.126 e. The van der Waals surface area contributed by atoms with E-state index >= 15 is 0 Å². The van der Waals surface area contributed by atoms with E-state index in [1.807, 2.05) is 25.1 Å². The molecule has 2 rings (SSSR count). The van der Waals surface area contributed by atoms with Crippen LogP contribution >= 0.6 is 23.2 Å². The van der Waals surface area contributed by atoms with Crippen molar-refractivity contribution in [1.29, 1.82) is 0 Å². The van der Waals surface area contributed by atoms with Crippen LogP contribution in [-0.2, 0) is 0 Å². The first kappa shape index (κ1) is 15.1. The molecule has 0 aliphatic rings. The van der Waals surface area contributed by atoms with Gasteiger partial charge >= 0.3 is 0 Å². The van der Waals surface area contributed by atoms with Crippen molar-refractivity contribution in [2.75, 3.05) is 11.9 Å². The van der Waals surface area contributed by atoms with Crippen molar-refractivity contribution < 1.29 is 4.39 Å². The van der Waals surface area contributed by atoms with Crippen molar-refractivity contribution in [1.82, 2.24) is 0 Å². The fourth-order valence-electron chi connectivity index (χ4n) is 1.94. The van der Waals surface area contributed by atoms with Gasteiger partial charge in [-0.1, -0.05) is 35.3 Å². The molecule has 0 aliphatic carbocycles. The molecule has 20 heavy (non-hydrogen) atoms. The van der Waals surface area contributed by atoms with E-state index in [9.17, 15) is 4.39 Å². The maximum Gasteiger partial charge on any atom is 0.126 e. The van der Waals surface area contributed by atoms with E-state index in [-0.39, 0.29) is 6.04 Å². The minimum Gasteiger partial charge on any atom is -0.377 e. The Labute approximate surface area is 127 Å². The topological polar surface area (TPSA) is 38.0 Å². The molecule has 5 heteroatoms. The zero-order valence-electron chi connectivity index (χ0n) is 11.0. The van der Waals surface area contributed by atoms with Crippen LogP contribution in [0.5, 0.6) is 0 Å². The fourth-order valence-corrected chi connectivity index (χ4v) is 2.35. The Morgan fingerprint density at radius 3 is 2.55 bits per heavy atom. The summed E-state index contributed by atoms with van der Waals surface area (Å²) in [4.78, 5) is 0. The van der Waals surface area contributed by atoms with E-state index in [1.165, 1.54) is 12.1 Å². The minimum absolute atomic E-state index is 0.161. The Kier molecular flexibility index (Phi) is 4.86. The summed E-state index contributed by atoms with van der Waals surface area (Å²) in [6.45, 7) is 2.29. The van der Waals surface area contributed by atoms with Gasteiger partial charge in [-0.3, -0.25) is 0 Å². The zero-order valence-corrected chi connectivity index (χ0v) is 12.5. The number of halogens is 3. The van der Waals surface area contributed by atoms with E-state index in [0.717, 1.165) is 11.1 Å². The van der Waals surface area contributed by atoms with Crippen LogP contribution in [-0.4, -0.2) is 6.54 Å². The molecule has 3 N–H and O–H groups in total. The highest BCUT2D eigenvalue weighted by Crippen LogP contribution is 2.25. The van der Waals surface area contributed by atoms with Crippen LogP contribution in [0.3, 0.4) is 0 Å². The molecular formula is C15H15Cl2FN2. The first-order valence-electron chi connectivity index (χ1n) is 6.18. The molecule has 1 unspecified atom stereocenters. The Morgan fingerprint density at radius 2 is 1.95 bits per heavy atom. The van der Waals surface area contributed by atoms with E-state index in [4.69, 9.17) is 28.9 Å². The standard InChI is InChI=1S/C15H15Cl2FN2/c1-9-2-3-10(4-14(9)17)15(8-19)20-13-6-11(16)5-12(18)7-13/h2-7,15,20H,8,19H2,1H3. The number of anilines is 1. The van der Waals surface area contributed by atoms with E-state index in [0.29, 0.717) is 22.3 Å². The number of hydrogen-bond donors (Lipinski definition) is 2. The minimum atomic E-state index is -0.391. The first-order chi connectivity index (χ1) is 9.49. The maximum absolute atomic E-state index is 13.3. The molecule has 0 bridgehead atoms. The van der Waals surface area contributed by atoms with Gasteiger partial charge in [-0.2, -0.15) is 0 Å². The molecule has 2 nitrogen and oxygen atoms in total. The van der Waals surface area contributed by atoms with Gasteiger partial charge in [0.05, 0.1) is 6.04 Å². The van der Waals surface area contributed by atoms with Crippen LogP contribution in [0.2, 0.25) is 10.0 Å². The molecule has 0 amide bonds. The van der Waals surface area contributed by atoms with E-state index < -0.39 is 5.82 Å². The third-order valence-electron chi connectivity index (χ3n) is 3.04. The van der Waals surface area contributed by atoms with Gasteiger partial charge in [0.2, 0.25) is 0 Å². The van der Waals surface area contributed by atoms with Crippen LogP contribution in [0.15, 0.2) is 36.4 Å². The average molecular weight is 313 g/mol. The van der Waals surface area contributed by atoms with Crippen molar-refractivity contribution in [3.8, 4) is 0 Å². The summed E-state index contributed by atoms with van der Waals surface area (Å²) in [5.41, 5.74) is 8.32. The number of benzene rings is 2. The van der Waals surface area contributed by atoms with Crippen LogP contribution in [0.4, 0.5) is 10.1 Å². The summed E-state index contributed by atoms with van der Waals surface area (Å²) < 4.78 is 13.3. The Morgan fingerprint density at radius 1 is 1.20 bits per heavy atom. The molecule has 0 spiro atoms. The third kappa shape index (κ3) is 3.63. The zero-order chi connectivity index (χ0) is 14.7. The average Bonchev–Trinajstić information content (AvgIpc) is 2.38. The molecule has 0 saturated heterocycles. The second kappa shape index (κ2) is 6.44. The van der Waals surface area contributed by atoms with Crippen LogP contribution in [0.25, 0.3) is 0 Å². The number of nitrogens with two attached hydrogens (primary N) is 1. The predicted octanol–water partition coefficient (Wildman–Crippen LogP) is 4.55. The Bertz CT molecular complexity index is 597. The first-order valence-corrected chi connectivity index (χ1v) is 6.94. The maximum atomic E-state index is 13.3. The monoisotopic (exact) mass is 312 g/mol. The van der Waals surface area contributed by atoms with Gasteiger partial charge in [-0.15, -0.1) is 0 Å². The lowest BCUT2D eigenvalue weighted by atomic mass is 10.0. The van der Waals surface area contributed by atoms with Gasteiger partial charge in [0.1, 0.15) is 5.82 Å². The summed E-state index contributed by atoms with van der Waals surface area (Å²) in [5, 5.41) is 4.18. The van der Waals surface area contributed by atoms with Crippen LogP contribution < -0.4 is 11.1 Å². The Hall–Kier alpha value is -1.29. The second-order valence-electron chi connectivity index (χ2n) is 4.60. The SMILES string of the molecule is Cc1ccc(C(CN)Nc2cc(F)cc(Cl)c2)cc1Cl. The molecule has 0 aromatic heterocycles. The second-order valence-corrected chi connectivity index (χ2v) is 5.44. The van der Waals surface area contributed by atoms with E-state index in [2.05, 4.69) is 5.32 Å². The fraction of sp³-hybridized carbons (Fsp3) is 0.200. The highest BCUT2D eigenvalue weighted by molar-refractivity contribution is 6.31. The summed E-state index contributed by atoms with van der Waals surface area (Å²) in [5.74, 6) is -0.391. The van der Waals surface area contributed by atoms with Crippen molar-refractivity contribution in [3.05, 3.63) is 63.4 Å². The van der Waals surface area contributed by atoms with E-state index in [1.54, 1.807) is 6.07 Å². The lowest BCUT2D eigenvalue weighted by molar-refractivity contribution is 0.627. The van der Waals surface area contributed by atoms with Gasteiger partial charge < -0.3 is 11.1 Å². The summed E-state index contributed by atoms with van der Waals surface area (Å²) >= 11 is 12.0. The van der Waals surface area contributed by atoms with Gasteiger partial charge in [0.25, 0.3) is 0 Å². The van der Waals surface area contributed by atoms with Crippen molar-refractivity contribution >= 4 is 28.9 Å². The molecule has 0 fully saturated rings. The Balaban J connectivity index is 2.26. The molecule has 2 aromatic carbocycles. The van der Waals surface area contributed by atoms with Crippen molar-refractivity contribution in [2.24, 2.45) is 5.73 Å². The normalized spacial score (nSPS) is 12.2. The number of rotatable bonds is 4. The number of nitrogens with one attached hydrogen (secondary N) is 1. The molecule has 0 saturated carbocycles. The van der Waals surface area contributed by atoms with Crippen LogP contribution in [0.1, 0.15) is 17.2 Å². The summed E-state index contributed by atoms with van der Waals surface area (Å²) in [6.07, 6.45) is 0. The molecule has 1 atom stereocenters. The number of aryl methyl sites for hydroxylation is 1.